The molecule has 114 valence electrons. The van der Waals surface area contributed by atoms with Gasteiger partial charge in [-0.25, -0.2) is 0 Å². The van der Waals surface area contributed by atoms with Crippen LogP contribution in [-0.2, 0) is 4.79 Å². The number of hydrogen-bond acceptors (Lipinski definition) is 4. The highest BCUT2D eigenvalue weighted by Gasteiger charge is 2.31. The molecule has 1 fully saturated rings. The number of carbonyl (C=O) groups excluding carboxylic acids is 1. The molecule has 1 aliphatic heterocycles. The van der Waals surface area contributed by atoms with Crippen molar-refractivity contribution in [3.63, 3.8) is 0 Å². The van der Waals surface area contributed by atoms with Crippen LogP contribution < -0.4 is 4.74 Å². The van der Waals surface area contributed by atoms with Gasteiger partial charge in [-0.3, -0.25) is 9.78 Å². The van der Waals surface area contributed by atoms with Gasteiger partial charge in [-0.05, 0) is 24.3 Å². The van der Waals surface area contributed by atoms with E-state index in [1.807, 2.05) is 35.2 Å². The number of thioether (sulfide) groups is 1. The summed E-state index contributed by atoms with van der Waals surface area (Å²) in [5, 5.41) is 0. The predicted molar refractivity (Wildman–Crippen MR) is 87.0 cm³/mol. The Morgan fingerprint density at radius 2 is 2.05 bits per heavy atom. The summed E-state index contributed by atoms with van der Waals surface area (Å²) in [5.74, 6) is 1.78. The second-order valence-electron chi connectivity index (χ2n) is 5.14. The minimum absolute atomic E-state index is 0.0925. The van der Waals surface area contributed by atoms with Gasteiger partial charge < -0.3 is 9.64 Å². The lowest BCUT2D eigenvalue weighted by atomic mass is 10.1. The molecule has 5 heteroatoms. The summed E-state index contributed by atoms with van der Waals surface area (Å²) in [4.78, 5) is 19.1. The summed E-state index contributed by atoms with van der Waals surface area (Å²) >= 11 is 1.72. The zero-order chi connectivity index (χ0) is 15.2. The van der Waals surface area contributed by atoms with Gasteiger partial charge in [-0.1, -0.05) is 18.2 Å². The third-order valence-corrected chi connectivity index (χ3v) is 4.48. The van der Waals surface area contributed by atoms with Crippen molar-refractivity contribution < 1.29 is 9.53 Å². The molecule has 1 aromatic carbocycles. The normalized spacial score (nSPS) is 14.5. The Balaban J connectivity index is 1.35. The Hall–Kier alpha value is -2.01. The molecule has 2 heterocycles. The first-order valence-corrected chi connectivity index (χ1v) is 8.32. The maximum Gasteiger partial charge on any atom is 0.223 e. The molecule has 0 N–H and O–H groups in total. The maximum atomic E-state index is 12.1. The van der Waals surface area contributed by atoms with Gasteiger partial charge >= 0.3 is 0 Å². The lowest BCUT2D eigenvalue weighted by Crippen LogP contribution is -2.56. The zero-order valence-electron chi connectivity index (χ0n) is 12.2. The van der Waals surface area contributed by atoms with Crippen molar-refractivity contribution in [2.45, 2.75) is 17.4 Å². The van der Waals surface area contributed by atoms with E-state index in [0.717, 1.165) is 11.5 Å². The lowest BCUT2D eigenvalue weighted by Gasteiger charge is -2.39. The van der Waals surface area contributed by atoms with E-state index in [1.54, 1.807) is 24.2 Å². The van der Waals surface area contributed by atoms with Crippen LogP contribution >= 0.6 is 11.8 Å². The fourth-order valence-electron chi connectivity index (χ4n) is 2.26. The molecule has 0 bridgehead atoms. The molecule has 0 aliphatic carbocycles. The van der Waals surface area contributed by atoms with Gasteiger partial charge in [0, 0.05) is 23.3 Å². The Kier molecular flexibility index (Phi) is 4.96. The molecular weight excluding hydrogens is 296 g/mol. The predicted octanol–water partition coefficient (Wildman–Crippen LogP) is 2.85. The smallest absolute Gasteiger partial charge is 0.223 e. The van der Waals surface area contributed by atoms with Crippen molar-refractivity contribution >= 4 is 17.7 Å². The molecule has 1 amide bonds. The first-order valence-electron chi connectivity index (χ1n) is 7.33. The number of amides is 1. The second kappa shape index (κ2) is 7.31. The van der Waals surface area contributed by atoms with Crippen LogP contribution in [0.4, 0.5) is 0 Å². The van der Waals surface area contributed by atoms with Crippen molar-refractivity contribution in [1.29, 1.82) is 0 Å². The zero-order valence-corrected chi connectivity index (χ0v) is 13.0. The standard InChI is InChI=1S/C17H18N2O2S/c20-17(8-10-22-16-6-2-1-3-7-16)19-12-15(13-19)21-14-5-4-9-18-11-14/h1-7,9,11,15H,8,10,12-13H2. The highest BCUT2D eigenvalue weighted by Crippen LogP contribution is 2.21. The molecular formula is C17H18N2O2S. The van der Waals surface area contributed by atoms with Crippen LogP contribution in [0.15, 0.2) is 59.8 Å². The van der Waals surface area contributed by atoms with E-state index in [1.165, 1.54) is 4.90 Å². The second-order valence-corrected chi connectivity index (χ2v) is 6.31. The van der Waals surface area contributed by atoms with Crippen LogP contribution in [0.25, 0.3) is 0 Å². The highest BCUT2D eigenvalue weighted by molar-refractivity contribution is 7.99. The third kappa shape index (κ3) is 4.01. The monoisotopic (exact) mass is 314 g/mol. The molecule has 2 aromatic rings. The van der Waals surface area contributed by atoms with E-state index in [0.29, 0.717) is 19.5 Å². The molecule has 3 rings (SSSR count). The Morgan fingerprint density at radius 3 is 2.77 bits per heavy atom. The first-order chi connectivity index (χ1) is 10.8. The van der Waals surface area contributed by atoms with E-state index in [4.69, 9.17) is 4.74 Å². The average molecular weight is 314 g/mol. The number of rotatable bonds is 6. The van der Waals surface area contributed by atoms with Crippen molar-refractivity contribution in [3.05, 3.63) is 54.9 Å². The first kappa shape index (κ1) is 14.9. The fraction of sp³-hybridized carbons (Fsp3) is 0.294. The van der Waals surface area contributed by atoms with Crippen LogP contribution in [-0.4, -0.2) is 40.7 Å². The van der Waals surface area contributed by atoms with E-state index in [9.17, 15) is 4.79 Å². The SMILES string of the molecule is O=C(CCSc1ccccc1)N1CC(Oc2cccnc2)C1. The maximum absolute atomic E-state index is 12.1. The Bertz CT molecular complexity index is 601. The van der Waals surface area contributed by atoms with Crippen LogP contribution in [0.5, 0.6) is 5.75 Å². The number of aromatic nitrogens is 1. The number of carbonyl (C=O) groups is 1. The van der Waals surface area contributed by atoms with Gasteiger partial charge in [0.05, 0.1) is 19.3 Å². The van der Waals surface area contributed by atoms with Crippen LogP contribution in [0, 0.1) is 0 Å². The molecule has 0 spiro atoms. The number of nitrogens with zero attached hydrogens (tertiary/aromatic N) is 2. The summed E-state index contributed by atoms with van der Waals surface area (Å²) in [7, 11) is 0. The summed E-state index contributed by atoms with van der Waals surface area (Å²) in [6.45, 7) is 1.34. The molecule has 0 radical (unpaired) electrons. The summed E-state index contributed by atoms with van der Waals surface area (Å²) in [6.07, 6.45) is 4.07. The number of ether oxygens (including phenoxy) is 1. The van der Waals surface area contributed by atoms with Gasteiger partial charge in [-0.2, -0.15) is 0 Å². The van der Waals surface area contributed by atoms with Crippen molar-refractivity contribution in [2.24, 2.45) is 0 Å². The largest absolute Gasteiger partial charge is 0.485 e. The van der Waals surface area contributed by atoms with E-state index < -0.39 is 0 Å². The van der Waals surface area contributed by atoms with E-state index >= 15 is 0 Å². The van der Waals surface area contributed by atoms with Crippen molar-refractivity contribution in [3.8, 4) is 5.75 Å². The molecule has 0 unspecified atom stereocenters. The van der Waals surface area contributed by atoms with Crippen LogP contribution in [0.2, 0.25) is 0 Å². The molecule has 22 heavy (non-hydrogen) atoms. The summed E-state index contributed by atoms with van der Waals surface area (Å²) in [5.41, 5.74) is 0. The van der Waals surface area contributed by atoms with Gasteiger partial charge in [-0.15, -0.1) is 11.8 Å². The van der Waals surface area contributed by atoms with Gasteiger partial charge in [0.25, 0.3) is 0 Å². The molecule has 4 nitrogen and oxygen atoms in total. The molecule has 1 aromatic heterocycles. The molecule has 0 saturated carbocycles. The van der Waals surface area contributed by atoms with Gasteiger partial charge in [0.15, 0.2) is 0 Å². The summed E-state index contributed by atoms with van der Waals surface area (Å²) < 4.78 is 5.74. The number of likely N-dealkylation sites (tertiary alicyclic amines) is 1. The topological polar surface area (TPSA) is 42.4 Å². The number of benzene rings is 1. The Labute approximate surface area is 134 Å². The van der Waals surface area contributed by atoms with Crippen molar-refractivity contribution in [1.82, 2.24) is 9.88 Å². The number of pyridine rings is 1. The minimum Gasteiger partial charge on any atom is -0.485 e. The quantitative estimate of drug-likeness (QED) is 0.769. The van der Waals surface area contributed by atoms with Crippen LogP contribution in [0.3, 0.4) is 0 Å². The van der Waals surface area contributed by atoms with Crippen molar-refractivity contribution in [2.75, 3.05) is 18.8 Å². The van der Waals surface area contributed by atoms with E-state index in [2.05, 4.69) is 17.1 Å². The number of hydrogen-bond donors (Lipinski definition) is 0. The molecule has 0 atom stereocenters. The minimum atomic E-state index is 0.0925. The fourth-order valence-corrected chi connectivity index (χ4v) is 3.12. The summed E-state index contributed by atoms with van der Waals surface area (Å²) in [6, 6.07) is 13.9. The lowest BCUT2D eigenvalue weighted by molar-refractivity contribution is -0.139. The highest BCUT2D eigenvalue weighted by atomic mass is 32.2. The van der Waals surface area contributed by atoms with Gasteiger partial charge in [0.2, 0.25) is 5.91 Å². The molecule has 1 aliphatic rings. The average Bonchev–Trinajstić information content (AvgIpc) is 2.52. The Morgan fingerprint density at radius 1 is 1.23 bits per heavy atom. The molecule has 1 saturated heterocycles. The third-order valence-electron chi connectivity index (χ3n) is 3.47. The van der Waals surface area contributed by atoms with Gasteiger partial charge in [0.1, 0.15) is 11.9 Å². The van der Waals surface area contributed by atoms with Crippen LogP contribution in [0.1, 0.15) is 6.42 Å². The van der Waals surface area contributed by atoms with E-state index in [-0.39, 0.29) is 12.0 Å².